The van der Waals surface area contributed by atoms with Crippen LogP contribution in [0.5, 0.6) is 0 Å². The maximum atomic E-state index is 13.3. The van der Waals surface area contributed by atoms with E-state index in [-0.39, 0.29) is 11.7 Å². The average Bonchev–Trinajstić information content (AvgIpc) is 3.12. The molecule has 0 spiro atoms. The Balaban J connectivity index is 1.57. The highest BCUT2D eigenvalue weighted by Gasteiger charge is 2.30. The van der Waals surface area contributed by atoms with Crippen molar-refractivity contribution in [3.05, 3.63) is 52.6 Å². The number of aromatic nitrogens is 2. The Morgan fingerprint density at radius 3 is 2.53 bits per heavy atom. The molecule has 0 aliphatic carbocycles. The van der Waals surface area contributed by atoms with Crippen LogP contribution in [-0.4, -0.2) is 45.1 Å². The summed E-state index contributed by atoms with van der Waals surface area (Å²) in [4.78, 5) is 17.6. The molecule has 1 saturated heterocycles. The summed E-state index contributed by atoms with van der Waals surface area (Å²) in [6.07, 6.45) is 5.33. The number of fused-ring (bicyclic) bond motifs is 1. The van der Waals surface area contributed by atoms with E-state index in [1.165, 1.54) is 24.2 Å². The zero-order valence-corrected chi connectivity index (χ0v) is 18.2. The minimum absolute atomic E-state index is 0.0953. The fourth-order valence-corrected chi connectivity index (χ4v) is 4.51. The van der Waals surface area contributed by atoms with Gasteiger partial charge in [-0.2, -0.15) is 5.10 Å². The Morgan fingerprint density at radius 1 is 1.10 bits per heavy atom. The van der Waals surface area contributed by atoms with Crippen LogP contribution in [0.1, 0.15) is 66.8 Å². The molecule has 0 N–H and O–H groups in total. The van der Waals surface area contributed by atoms with Crippen molar-refractivity contribution in [2.24, 2.45) is 5.92 Å². The van der Waals surface area contributed by atoms with E-state index < -0.39 is 0 Å². The third kappa shape index (κ3) is 4.75. The number of carbonyl (C=O) groups excluding carboxylic acids is 1. The molecule has 2 aliphatic heterocycles. The van der Waals surface area contributed by atoms with Crippen molar-refractivity contribution in [2.75, 3.05) is 19.6 Å². The normalized spacial score (nSPS) is 17.4. The third-order valence-electron chi connectivity index (χ3n) is 6.30. The largest absolute Gasteiger partial charge is 0.337 e. The number of piperidine rings is 1. The van der Waals surface area contributed by atoms with Gasteiger partial charge in [-0.05, 0) is 49.3 Å². The third-order valence-corrected chi connectivity index (χ3v) is 6.30. The van der Waals surface area contributed by atoms with Crippen LogP contribution in [0, 0.1) is 11.7 Å². The Hall–Kier alpha value is -2.21. The summed E-state index contributed by atoms with van der Waals surface area (Å²) in [5.74, 6) is 0.489. The van der Waals surface area contributed by atoms with Crippen LogP contribution in [0.3, 0.4) is 0 Å². The summed E-state index contributed by atoms with van der Waals surface area (Å²) < 4.78 is 15.3. The summed E-state index contributed by atoms with van der Waals surface area (Å²) in [7, 11) is 0. The van der Waals surface area contributed by atoms with Crippen molar-refractivity contribution in [3.8, 4) is 0 Å². The fourth-order valence-electron chi connectivity index (χ4n) is 4.51. The Bertz CT molecular complexity index is 868. The number of amides is 1. The molecule has 0 radical (unpaired) electrons. The lowest BCUT2D eigenvalue weighted by Crippen LogP contribution is -2.37. The summed E-state index contributed by atoms with van der Waals surface area (Å²) in [5.41, 5.74) is 4.07. The number of halogens is 1. The van der Waals surface area contributed by atoms with E-state index in [1.807, 2.05) is 17.0 Å². The second-order valence-electron chi connectivity index (χ2n) is 9.12. The Morgan fingerprint density at radius 2 is 1.83 bits per heavy atom. The monoisotopic (exact) mass is 412 g/mol. The molecule has 0 atom stereocenters. The van der Waals surface area contributed by atoms with E-state index in [0.29, 0.717) is 11.6 Å². The van der Waals surface area contributed by atoms with Gasteiger partial charge in [0.25, 0.3) is 5.91 Å². The zero-order chi connectivity index (χ0) is 21.1. The lowest BCUT2D eigenvalue weighted by atomic mass is 10.0. The van der Waals surface area contributed by atoms with Gasteiger partial charge in [-0.3, -0.25) is 14.4 Å². The minimum atomic E-state index is -0.208. The summed E-state index contributed by atoms with van der Waals surface area (Å²) in [5, 5.41) is 4.84. The number of rotatable bonds is 6. The topological polar surface area (TPSA) is 41.4 Å². The van der Waals surface area contributed by atoms with E-state index in [4.69, 9.17) is 5.10 Å². The number of hydrogen-bond acceptors (Lipinski definition) is 3. The molecule has 5 nitrogen and oxygen atoms in total. The molecule has 0 unspecified atom stereocenters. The zero-order valence-electron chi connectivity index (χ0n) is 18.2. The molecular formula is C24H33FN4O. The van der Waals surface area contributed by atoms with Gasteiger partial charge in [0, 0.05) is 56.9 Å². The molecule has 30 heavy (non-hydrogen) atoms. The smallest absolute Gasteiger partial charge is 0.274 e. The predicted octanol–water partition coefficient (Wildman–Crippen LogP) is 4.25. The van der Waals surface area contributed by atoms with Crippen LogP contribution in [0.2, 0.25) is 0 Å². The average molecular weight is 413 g/mol. The van der Waals surface area contributed by atoms with Gasteiger partial charge in [-0.1, -0.05) is 26.0 Å². The molecule has 4 rings (SSSR count). The van der Waals surface area contributed by atoms with Gasteiger partial charge in [0.05, 0.1) is 0 Å². The minimum Gasteiger partial charge on any atom is -0.337 e. The first kappa shape index (κ1) is 21.0. The summed E-state index contributed by atoms with van der Waals surface area (Å²) in [6, 6.07) is 6.72. The quantitative estimate of drug-likeness (QED) is 0.712. The maximum absolute atomic E-state index is 13.3. The molecule has 2 aliphatic rings. The highest BCUT2D eigenvalue weighted by atomic mass is 19.1. The van der Waals surface area contributed by atoms with Crippen LogP contribution >= 0.6 is 0 Å². The predicted molar refractivity (Wildman–Crippen MR) is 116 cm³/mol. The molecule has 1 fully saturated rings. The van der Waals surface area contributed by atoms with Crippen molar-refractivity contribution < 1.29 is 9.18 Å². The fraction of sp³-hybridized carbons (Fsp3) is 0.583. The molecule has 0 saturated carbocycles. The van der Waals surface area contributed by atoms with Gasteiger partial charge < -0.3 is 4.90 Å². The number of benzene rings is 1. The number of likely N-dealkylation sites (tertiary alicyclic amines) is 1. The summed E-state index contributed by atoms with van der Waals surface area (Å²) >= 11 is 0. The molecule has 3 heterocycles. The SMILES string of the molecule is CC(C)CCn1nc(C(=O)N2CCCCC2)c2c1CCN(Cc1ccc(F)cc1)C2. The van der Waals surface area contributed by atoms with Gasteiger partial charge in [0.2, 0.25) is 0 Å². The first-order chi connectivity index (χ1) is 14.5. The molecule has 162 valence electrons. The van der Waals surface area contributed by atoms with Crippen LogP contribution in [0.25, 0.3) is 0 Å². The first-order valence-corrected chi connectivity index (χ1v) is 11.4. The summed E-state index contributed by atoms with van der Waals surface area (Å²) in [6.45, 7) is 9.40. The maximum Gasteiger partial charge on any atom is 0.274 e. The molecule has 0 bridgehead atoms. The van der Waals surface area contributed by atoms with Crippen LogP contribution < -0.4 is 0 Å². The van der Waals surface area contributed by atoms with Gasteiger partial charge >= 0.3 is 0 Å². The van der Waals surface area contributed by atoms with E-state index in [9.17, 15) is 9.18 Å². The van der Waals surface area contributed by atoms with Crippen LogP contribution in [0.15, 0.2) is 24.3 Å². The first-order valence-electron chi connectivity index (χ1n) is 11.4. The van der Waals surface area contributed by atoms with Crippen molar-refractivity contribution in [2.45, 2.75) is 65.6 Å². The van der Waals surface area contributed by atoms with E-state index in [1.54, 1.807) is 0 Å². The standard InChI is InChI=1S/C24H33FN4O/c1-18(2)10-15-29-22-11-14-27(16-19-6-8-20(25)9-7-19)17-21(22)23(26-29)24(30)28-12-4-3-5-13-28/h6-9,18H,3-5,10-17H2,1-2H3. The highest BCUT2D eigenvalue weighted by molar-refractivity contribution is 5.94. The van der Waals surface area contributed by atoms with Gasteiger partial charge in [0.1, 0.15) is 5.82 Å². The number of aryl methyl sites for hydroxylation is 1. The molecule has 1 aromatic carbocycles. The van der Waals surface area contributed by atoms with Crippen molar-refractivity contribution >= 4 is 5.91 Å². The van der Waals surface area contributed by atoms with Gasteiger partial charge in [-0.25, -0.2) is 4.39 Å². The van der Waals surface area contributed by atoms with Crippen molar-refractivity contribution in [1.82, 2.24) is 19.6 Å². The van der Waals surface area contributed by atoms with Crippen molar-refractivity contribution in [3.63, 3.8) is 0 Å². The van der Waals surface area contributed by atoms with Crippen molar-refractivity contribution in [1.29, 1.82) is 0 Å². The van der Waals surface area contributed by atoms with Gasteiger partial charge in [-0.15, -0.1) is 0 Å². The molecule has 2 aromatic rings. The molecular weight excluding hydrogens is 379 g/mol. The molecule has 1 aromatic heterocycles. The van der Waals surface area contributed by atoms with E-state index in [0.717, 1.165) is 76.1 Å². The number of hydrogen-bond donors (Lipinski definition) is 0. The highest BCUT2D eigenvalue weighted by Crippen LogP contribution is 2.26. The van der Waals surface area contributed by atoms with Gasteiger partial charge in [0.15, 0.2) is 5.69 Å². The van der Waals surface area contributed by atoms with E-state index in [2.05, 4.69) is 23.4 Å². The van der Waals surface area contributed by atoms with Crippen LogP contribution in [-0.2, 0) is 26.1 Å². The lowest BCUT2D eigenvalue weighted by molar-refractivity contribution is 0.0714. The van der Waals surface area contributed by atoms with Crippen LogP contribution in [0.4, 0.5) is 4.39 Å². The molecule has 6 heteroatoms. The number of nitrogens with zero attached hydrogens (tertiary/aromatic N) is 4. The number of carbonyl (C=O) groups is 1. The Kier molecular flexibility index (Phi) is 6.52. The molecule has 1 amide bonds. The second kappa shape index (κ2) is 9.29. The second-order valence-corrected chi connectivity index (χ2v) is 9.12. The lowest BCUT2D eigenvalue weighted by Gasteiger charge is -2.29. The Labute approximate surface area is 178 Å². The van der Waals surface area contributed by atoms with E-state index >= 15 is 0 Å².